The molecule has 0 saturated carbocycles. The van der Waals surface area contributed by atoms with Crippen molar-refractivity contribution in [2.45, 2.75) is 70.4 Å². The van der Waals surface area contributed by atoms with E-state index in [-0.39, 0.29) is 38.4 Å². The highest BCUT2D eigenvalue weighted by Crippen LogP contribution is 2.44. The quantitative estimate of drug-likeness (QED) is 0.0752. The summed E-state index contributed by atoms with van der Waals surface area (Å²) < 4.78 is 17.8. The molecule has 0 spiro atoms. The SMILES string of the molecule is CC(C)(C)OC(=O)CC[C@@]1(C(=O)NCc2ccccc2)N=C(c2ccc(OCCCO)cc2)O[C@@H]1c1ccccc1CN=[N+]=[N-]. The Kier molecular flexibility index (Phi) is 11.2. The van der Waals surface area contributed by atoms with Gasteiger partial charge in [0.25, 0.3) is 5.91 Å². The first-order valence-electron chi connectivity index (χ1n) is 14.9. The fraction of sp³-hybridized carbons (Fsp3) is 0.382. The average molecular weight is 614 g/mol. The molecule has 1 aliphatic rings. The van der Waals surface area contributed by atoms with Gasteiger partial charge in [0, 0.05) is 36.5 Å². The van der Waals surface area contributed by atoms with E-state index in [0.29, 0.717) is 35.5 Å². The Balaban J connectivity index is 1.77. The first-order valence-corrected chi connectivity index (χ1v) is 14.9. The Hall–Kier alpha value is -4.86. The molecule has 0 aliphatic carbocycles. The van der Waals surface area contributed by atoms with Crippen molar-refractivity contribution in [2.75, 3.05) is 13.2 Å². The second-order valence-corrected chi connectivity index (χ2v) is 11.6. The summed E-state index contributed by atoms with van der Waals surface area (Å²) in [5.41, 5.74) is 9.56. The Morgan fingerprint density at radius 3 is 2.47 bits per heavy atom. The van der Waals surface area contributed by atoms with Crippen molar-refractivity contribution in [3.05, 3.63) is 112 Å². The van der Waals surface area contributed by atoms with Crippen LogP contribution >= 0.6 is 0 Å². The summed E-state index contributed by atoms with van der Waals surface area (Å²) in [5.74, 6) is -0.0530. The van der Waals surface area contributed by atoms with Crippen LogP contribution in [0.2, 0.25) is 0 Å². The number of hydrogen-bond acceptors (Lipinski definition) is 8. The van der Waals surface area contributed by atoms with E-state index in [1.54, 1.807) is 45.0 Å². The summed E-state index contributed by atoms with van der Waals surface area (Å²) in [7, 11) is 0. The zero-order valence-electron chi connectivity index (χ0n) is 25.8. The number of azide groups is 1. The minimum absolute atomic E-state index is 0.00505. The molecule has 1 amide bonds. The first kappa shape index (κ1) is 33.0. The molecule has 0 saturated heterocycles. The van der Waals surface area contributed by atoms with Crippen molar-refractivity contribution < 1.29 is 28.9 Å². The summed E-state index contributed by atoms with van der Waals surface area (Å²) in [6, 6.07) is 23.8. The zero-order valence-corrected chi connectivity index (χ0v) is 25.8. The minimum Gasteiger partial charge on any atom is -0.494 e. The second-order valence-electron chi connectivity index (χ2n) is 11.6. The van der Waals surface area contributed by atoms with Crippen LogP contribution < -0.4 is 10.1 Å². The van der Waals surface area contributed by atoms with Gasteiger partial charge in [-0.3, -0.25) is 9.59 Å². The average Bonchev–Trinajstić information content (AvgIpc) is 3.42. The van der Waals surface area contributed by atoms with E-state index in [2.05, 4.69) is 15.3 Å². The topological polar surface area (TPSA) is 155 Å². The van der Waals surface area contributed by atoms with E-state index in [9.17, 15) is 9.59 Å². The van der Waals surface area contributed by atoms with Gasteiger partial charge in [0.15, 0.2) is 11.6 Å². The summed E-state index contributed by atoms with van der Waals surface area (Å²) in [6.45, 7) is 6.03. The van der Waals surface area contributed by atoms with Crippen LogP contribution in [0, 0.1) is 0 Å². The molecule has 45 heavy (non-hydrogen) atoms. The summed E-state index contributed by atoms with van der Waals surface area (Å²) >= 11 is 0. The van der Waals surface area contributed by atoms with Crippen molar-refractivity contribution in [3.63, 3.8) is 0 Å². The van der Waals surface area contributed by atoms with Gasteiger partial charge in [0.05, 0.1) is 13.2 Å². The van der Waals surface area contributed by atoms with Crippen LogP contribution in [0.4, 0.5) is 0 Å². The third-order valence-corrected chi connectivity index (χ3v) is 7.10. The maximum absolute atomic E-state index is 14.4. The largest absolute Gasteiger partial charge is 0.494 e. The fourth-order valence-corrected chi connectivity index (χ4v) is 5.01. The van der Waals surface area contributed by atoms with Gasteiger partial charge in [-0.25, -0.2) is 4.99 Å². The predicted molar refractivity (Wildman–Crippen MR) is 169 cm³/mol. The highest BCUT2D eigenvalue weighted by Gasteiger charge is 2.53. The number of nitrogens with one attached hydrogen (secondary N) is 1. The smallest absolute Gasteiger partial charge is 0.306 e. The molecule has 3 aromatic carbocycles. The molecule has 0 aromatic heterocycles. The Morgan fingerprint density at radius 1 is 1.07 bits per heavy atom. The number of nitrogens with zero attached hydrogens (tertiary/aromatic N) is 4. The lowest BCUT2D eigenvalue weighted by Gasteiger charge is -2.32. The number of rotatable bonds is 14. The van der Waals surface area contributed by atoms with E-state index in [0.717, 1.165) is 5.56 Å². The molecular weight excluding hydrogens is 574 g/mol. The number of benzene rings is 3. The Morgan fingerprint density at radius 2 is 1.78 bits per heavy atom. The highest BCUT2D eigenvalue weighted by atomic mass is 16.6. The van der Waals surface area contributed by atoms with Crippen molar-refractivity contribution in [3.8, 4) is 5.75 Å². The van der Waals surface area contributed by atoms with Crippen molar-refractivity contribution in [2.24, 2.45) is 10.1 Å². The van der Waals surface area contributed by atoms with Crippen molar-refractivity contribution in [1.82, 2.24) is 5.32 Å². The van der Waals surface area contributed by atoms with Crippen LogP contribution in [0.3, 0.4) is 0 Å². The molecule has 1 heterocycles. The van der Waals surface area contributed by atoms with Gasteiger partial charge in [-0.05, 0) is 73.7 Å². The lowest BCUT2D eigenvalue weighted by Crippen LogP contribution is -2.48. The zero-order chi connectivity index (χ0) is 32.3. The molecule has 1 aliphatic heterocycles. The Labute approximate surface area is 262 Å². The molecule has 11 heteroatoms. The lowest BCUT2D eigenvalue weighted by atomic mass is 9.81. The van der Waals surface area contributed by atoms with E-state index >= 15 is 0 Å². The molecular formula is C34H39N5O6. The maximum atomic E-state index is 14.4. The molecule has 0 unspecified atom stereocenters. The van der Waals surface area contributed by atoms with Crippen molar-refractivity contribution >= 4 is 17.8 Å². The Bertz CT molecular complexity index is 1530. The van der Waals surface area contributed by atoms with Gasteiger partial charge >= 0.3 is 5.97 Å². The van der Waals surface area contributed by atoms with Crippen LogP contribution in [0.15, 0.2) is 89.0 Å². The van der Waals surface area contributed by atoms with Gasteiger partial charge in [0.1, 0.15) is 11.4 Å². The van der Waals surface area contributed by atoms with Crippen LogP contribution in [0.5, 0.6) is 5.75 Å². The minimum atomic E-state index is -1.57. The molecule has 236 valence electrons. The second kappa shape index (κ2) is 15.2. The number of aliphatic imine (C=N–C) groups is 1. The molecule has 2 N–H and O–H groups in total. The number of esters is 1. The lowest BCUT2D eigenvalue weighted by molar-refractivity contribution is -0.155. The molecule has 2 atom stereocenters. The van der Waals surface area contributed by atoms with Crippen molar-refractivity contribution in [1.29, 1.82) is 0 Å². The van der Waals surface area contributed by atoms with Crippen LogP contribution in [0.1, 0.15) is 68.4 Å². The van der Waals surface area contributed by atoms with Crippen LogP contribution in [0.25, 0.3) is 10.4 Å². The summed E-state index contributed by atoms with van der Waals surface area (Å²) in [5, 5.41) is 15.8. The van der Waals surface area contributed by atoms with E-state index in [1.807, 2.05) is 54.6 Å². The summed E-state index contributed by atoms with van der Waals surface area (Å²) in [4.78, 5) is 35.2. The highest BCUT2D eigenvalue weighted by molar-refractivity contribution is 6.01. The molecule has 11 nitrogen and oxygen atoms in total. The predicted octanol–water partition coefficient (Wildman–Crippen LogP) is 5.95. The number of amides is 1. The monoisotopic (exact) mass is 613 g/mol. The molecule has 0 radical (unpaired) electrons. The first-order chi connectivity index (χ1) is 21.6. The van der Waals surface area contributed by atoms with Gasteiger partial charge in [-0.1, -0.05) is 59.7 Å². The molecule has 0 fully saturated rings. The van der Waals surface area contributed by atoms with Crippen LogP contribution in [-0.4, -0.2) is 47.2 Å². The maximum Gasteiger partial charge on any atom is 0.306 e. The number of hydrogen-bond donors (Lipinski definition) is 2. The number of aliphatic hydroxyl groups is 1. The van der Waals surface area contributed by atoms with E-state index < -0.39 is 29.1 Å². The van der Waals surface area contributed by atoms with E-state index in [4.69, 9.17) is 29.8 Å². The van der Waals surface area contributed by atoms with Gasteiger partial charge < -0.3 is 24.6 Å². The number of ether oxygens (including phenoxy) is 3. The third kappa shape index (κ3) is 8.84. The van der Waals surface area contributed by atoms with Gasteiger partial charge in [-0.15, -0.1) is 0 Å². The fourth-order valence-electron chi connectivity index (χ4n) is 5.01. The molecule has 3 aromatic rings. The molecule has 0 bridgehead atoms. The van der Waals surface area contributed by atoms with Gasteiger partial charge in [0.2, 0.25) is 5.90 Å². The number of aliphatic hydroxyl groups excluding tert-OH is 1. The normalized spacial score (nSPS) is 17.4. The molecule has 4 rings (SSSR count). The third-order valence-electron chi connectivity index (χ3n) is 7.10. The van der Waals surface area contributed by atoms with Gasteiger partial charge in [-0.2, -0.15) is 0 Å². The number of carbonyl (C=O) groups is 2. The standard InChI is InChI=1S/C34H39N5O6/c1-33(2,3)45-29(41)18-19-34(32(42)36-22-24-10-5-4-6-11-24)30(28-13-8-7-12-26(28)23-37-39-35)44-31(38-34)25-14-16-27(17-15-25)43-21-9-20-40/h4-8,10-17,30,40H,9,18-23H2,1-3H3,(H,36,42)/t30-,34-/m1/s1. The van der Waals surface area contributed by atoms with Crippen LogP contribution in [-0.2, 0) is 32.2 Å². The number of carbonyl (C=O) groups excluding carboxylic acids is 2. The summed E-state index contributed by atoms with van der Waals surface area (Å²) in [6.07, 6.45) is -0.541. The van der Waals surface area contributed by atoms with E-state index in [1.165, 1.54) is 0 Å².